The van der Waals surface area contributed by atoms with Gasteiger partial charge in [0.05, 0.1) is 5.92 Å². The first-order chi connectivity index (χ1) is 10.1. The lowest BCUT2D eigenvalue weighted by Crippen LogP contribution is -2.20. The molecule has 3 heteroatoms. The van der Waals surface area contributed by atoms with E-state index in [1.54, 1.807) is 0 Å². The summed E-state index contributed by atoms with van der Waals surface area (Å²) in [7, 11) is 0. The number of anilines is 1. The van der Waals surface area contributed by atoms with Crippen LogP contribution >= 0.6 is 0 Å². The summed E-state index contributed by atoms with van der Waals surface area (Å²) >= 11 is 0. The Kier molecular flexibility index (Phi) is 4.99. The van der Waals surface area contributed by atoms with Crippen LogP contribution in [0.1, 0.15) is 36.8 Å². The number of benzene rings is 2. The first kappa shape index (κ1) is 15.1. The molecule has 0 radical (unpaired) electrons. The molecular formula is C18H21NO2. The second kappa shape index (κ2) is 6.93. The highest BCUT2D eigenvalue weighted by Gasteiger charge is 2.19. The normalized spacial score (nSPS) is 12.1. The van der Waals surface area contributed by atoms with E-state index >= 15 is 0 Å². The summed E-state index contributed by atoms with van der Waals surface area (Å²) in [5, 5.41) is 12.6. The van der Waals surface area contributed by atoms with Crippen molar-refractivity contribution in [2.75, 3.05) is 11.9 Å². The SMILES string of the molecule is CC(C)c1ccc(NCC(C(=O)O)c2ccccc2)cc1. The van der Waals surface area contributed by atoms with Gasteiger partial charge in [0, 0.05) is 12.2 Å². The number of carboxylic acid groups (broad SMARTS) is 1. The minimum Gasteiger partial charge on any atom is -0.481 e. The second-order valence-electron chi connectivity index (χ2n) is 5.46. The molecule has 2 N–H and O–H groups in total. The minimum absolute atomic E-state index is 0.375. The second-order valence-corrected chi connectivity index (χ2v) is 5.46. The number of nitrogens with one attached hydrogen (secondary N) is 1. The van der Waals surface area contributed by atoms with E-state index < -0.39 is 11.9 Å². The van der Waals surface area contributed by atoms with Crippen LogP contribution in [0.3, 0.4) is 0 Å². The molecule has 1 atom stereocenters. The third-order valence-electron chi connectivity index (χ3n) is 3.59. The lowest BCUT2D eigenvalue weighted by molar-refractivity contribution is -0.138. The molecule has 2 rings (SSSR count). The molecule has 21 heavy (non-hydrogen) atoms. The van der Waals surface area contributed by atoms with E-state index in [0.717, 1.165) is 11.3 Å². The van der Waals surface area contributed by atoms with Crippen molar-refractivity contribution in [2.45, 2.75) is 25.7 Å². The van der Waals surface area contributed by atoms with Crippen LogP contribution in [-0.2, 0) is 4.79 Å². The van der Waals surface area contributed by atoms with Gasteiger partial charge in [-0.1, -0.05) is 56.3 Å². The molecule has 2 aromatic rings. The molecule has 0 aliphatic rings. The average molecular weight is 283 g/mol. The highest BCUT2D eigenvalue weighted by Crippen LogP contribution is 2.20. The lowest BCUT2D eigenvalue weighted by atomic mass is 9.99. The Hall–Kier alpha value is -2.29. The van der Waals surface area contributed by atoms with E-state index in [-0.39, 0.29) is 0 Å². The maximum Gasteiger partial charge on any atom is 0.312 e. The Morgan fingerprint density at radius 1 is 1.00 bits per heavy atom. The smallest absolute Gasteiger partial charge is 0.312 e. The van der Waals surface area contributed by atoms with E-state index in [1.165, 1.54) is 5.56 Å². The van der Waals surface area contributed by atoms with Gasteiger partial charge in [0.25, 0.3) is 0 Å². The van der Waals surface area contributed by atoms with Gasteiger partial charge in [-0.05, 0) is 29.2 Å². The molecule has 0 fully saturated rings. The third kappa shape index (κ3) is 4.09. The van der Waals surface area contributed by atoms with E-state index in [4.69, 9.17) is 0 Å². The Labute approximate surface area is 125 Å². The van der Waals surface area contributed by atoms with Gasteiger partial charge in [0.1, 0.15) is 0 Å². The van der Waals surface area contributed by atoms with Crippen molar-refractivity contribution >= 4 is 11.7 Å². The van der Waals surface area contributed by atoms with Crippen LogP contribution < -0.4 is 5.32 Å². The monoisotopic (exact) mass is 283 g/mol. The molecule has 110 valence electrons. The first-order valence-corrected chi connectivity index (χ1v) is 7.19. The van der Waals surface area contributed by atoms with E-state index in [0.29, 0.717) is 12.5 Å². The summed E-state index contributed by atoms with van der Waals surface area (Å²) in [6.45, 7) is 4.68. The van der Waals surface area contributed by atoms with Gasteiger partial charge in [-0.25, -0.2) is 0 Å². The van der Waals surface area contributed by atoms with Crippen LogP contribution in [0.15, 0.2) is 54.6 Å². The van der Waals surface area contributed by atoms with Crippen molar-refractivity contribution in [2.24, 2.45) is 0 Å². The molecular weight excluding hydrogens is 262 g/mol. The van der Waals surface area contributed by atoms with Gasteiger partial charge in [0.15, 0.2) is 0 Å². The van der Waals surface area contributed by atoms with Gasteiger partial charge >= 0.3 is 5.97 Å². The van der Waals surface area contributed by atoms with Crippen molar-refractivity contribution in [1.82, 2.24) is 0 Å². The van der Waals surface area contributed by atoms with Crippen molar-refractivity contribution in [3.05, 3.63) is 65.7 Å². The fraction of sp³-hybridized carbons (Fsp3) is 0.278. The maximum atomic E-state index is 11.4. The number of carbonyl (C=O) groups is 1. The van der Waals surface area contributed by atoms with Crippen molar-refractivity contribution < 1.29 is 9.90 Å². The van der Waals surface area contributed by atoms with Crippen LogP contribution in [-0.4, -0.2) is 17.6 Å². The van der Waals surface area contributed by atoms with Crippen LogP contribution in [0.2, 0.25) is 0 Å². The molecule has 2 aromatic carbocycles. The van der Waals surface area contributed by atoms with Crippen LogP contribution in [0.25, 0.3) is 0 Å². The summed E-state index contributed by atoms with van der Waals surface area (Å²) in [5.41, 5.74) is 3.04. The number of aliphatic carboxylic acids is 1. The molecule has 0 spiro atoms. The molecule has 0 aliphatic heterocycles. The Morgan fingerprint density at radius 3 is 2.14 bits per heavy atom. The molecule has 0 heterocycles. The zero-order chi connectivity index (χ0) is 15.2. The molecule has 0 amide bonds. The Balaban J connectivity index is 2.04. The zero-order valence-corrected chi connectivity index (χ0v) is 12.4. The van der Waals surface area contributed by atoms with Gasteiger partial charge in [-0.3, -0.25) is 4.79 Å². The Bertz CT molecular complexity index is 576. The third-order valence-corrected chi connectivity index (χ3v) is 3.59. The molecule has 1 unspecified atom stereocenters. The topological polar surface area (TPSA) is 49.3 Å². The molecule has 0 bridgehead atoms. The summed E-state index contributed by atoms with van der Waals surface area (Å²) in [6, 6.07) is 17.5. The maximum absolute atomic E-state index is 11.4. The fourth-order valence-corrected chi connectivity index (χ4v) is 2.24. The van der Waals surface area contributed by atoms with Gasteiger partial charge in [-0.2, -0.15) is 0 Å². The number of rotatable bonds is 6. The molecule has 0 saturated carbocycles. The predicted octanol–water partition coefficient (Wildman–Crippen LogP) is 4.09. The minimum atomic E-state index is -0.812. The summed E-state index contributed by atoms with van der Waals surface area (Å²) < 4.78 is 0. The largest absolute Gasteiger partial charge is 0.481 e. The molecule has 0 aromatic heterocycles. The van der Waals surface area contributed by atoms with Crippen molar-refractivity contribution in [3.8, 4) is 0 Å². The molecule has 0 aliphatic carbocycles. The summed E-state index contributed by atoms with van der Waals surface area (Å²) in [6.07, 6.45) is 0. The van der Waals surface area contributed by atoms with Crippen LogP contribution in [0, 0.1) is 0 Å². The van der Waals surface area contributed by atoms with E-state index in [9.17, 15) is 9.90 Å². The summed E-state index contributed by atoms with van der Waals surface area (Å²) in [5.74, 6) is -0.862. The van der Waals surface area contributed by atoms with Crippen molar-refractivity contribution in [1.29, 1.82) is 0 Å². The van der Waals surface area contributed by atoms with Gasteiger partial charge in [0.2, 0.25) is 0 Å². The number of hydrogen-bond acceptors (Lipinski definition) is 2. The summed E-state index contributed by atoms with van der Waals surface area (Å²) in [4.78, 5) is 11.4. The number of carboxylic acids is 1. The van der Waals surface area contributed by atoms with E-state index in [2.05, 4.69) is 31.3 Å². The Morgan fingerprint density at radius 2 is 1.62 bits per heavy atom. The zero-order valence-electron chi connectivity index (χ0n) is 12.4. The average Bonchev–Trinajstić information content (AvgIpc) is 2.48. The first-order valence-electron chi connectivity index (χ1n) is 7.19. The van der Waals surface area contributed by atoms with E-state index in [1.807, 2.05) is 42.5 Å². The molecule has 3 nitrogen and oxygen atoms in total. The predicted molar refractivity (Wildman–Crippen MR) is 85.8 cm³/mol. The van der Waals surface area contributed by atoms with Crippen molar-refractivity contribution in [3.63, 3.8) is 0 Å². The highest BCUT2D eigenvalue weighted by atomic mass is 16.4. The van der Waals surface area contributed by atoms with Gasteiger partial charge < -0.3 is 10.4 Å². The fourth-order valence-electron chi connectivity index (χ4n) is 2.24. The lowest BCUT2D eigenvalue weighted by Gasteiger charge is -2.15. The quantitative estimate of drug-likeness (QED) is 0.839. The highest BCUT2D eigenvalue weighted by molar-refractivity contribution is 5.77. The standard InChI is InChI=1S/C18H21NO2/c1-13(2)14-8-10-16(11-9-14)19-12-17(18(20)21)15-6-4-3-5-7-15/h3-11,13,17,19H,12H2,1-2H3,(H,20,21). The van der Waals surface area contributed by atoms with Gasteiger partial charge in [-0.15, -0.1) is 0 Å². The molecule has 0 saturated heterocycles. The van der Waals surface area contributed by atoms with Crippen LogP contribution in [0.4, 0.5) is 5.69 Å². The van der Waals surface area contributed by atoms with Crippen LogP contribution in [0.5, 0.6) is 0 Å². The number of hydrogen-bond donors (Lipinski definition) is 2.